The highest BCUT2D eigenvalue weighted by atomic mass is 14.6. The summed E-state index contributed by atoms with van der Waals surface area (Å²) in [4.78, 5) is 0. The first-order valence-electron chi connectivity index (χ1n) is 9.31. The molecule has 0 radical (unpaired) electrons. The first-order chi connectivity index (χ1) is 9.09. The summed E-state index contributed by atoms with van der Waals surface area (Å²) in [6.45, 7) is 7.96. The molecule has 0 aromatic rings. The van der Waals surface area contributed by atoms with Crippen molar-refractivity contribution in [1.29, 1.82) is 0 Å². The maximum Gasteiger partial charge on any atom is -0.00628 e. The van der Waals surface area contributed by atoms with Gasteiger partial charge in [0.2, 0.25) is 0 Å². The topological polar surface area (TPSA) is 0 Å². The molecule has 0 aromatic heterocycles. The van der Waals surface area contributed by atoms with E-state index in [9.17, 15) is 0 Å². The fraction of sp³-hybridized carbons (Fsp3) is 1.00. The lowest BCUT2D eigenvalue weighted by Crippen LogP contribution is -2.57. The molecule has 108 valence electrons. The SMILES string of the molecule is C[C@@H]1[C@H]2C[C@@H](C[C@H]1[BH-]1C3CCCC1CCC3)C2(C)C. The van der Waals surface area contributed by atoms with E-state index in [0.29, 0.717) is 5.41 Å². The molecule has 0 nitrogen and oxygen atoms in total. The Balaban J connectivity index is 1.57. The maximum absolute atomic E-state index is 2.64. The summed E-state index contributed by atoms with van der Waals surface area (Å²) in [7, 11) is 0. The molecule has 5 fully saturated rings. The predicted molar refractivity (Wildman–Crippen MR) is 85.3 cm³/mol. The fourth-order valence-electron chi connectivity index (χ4n) is 7.83. The number of fused-ring (bicyclic) bond motifs is 5. The van der Waals surface area contributed by atoms with Crippen LogP contribution in [-0.2, 0) is 0 Å². The van der Waals surface area contributed by atoms with Gasteiger partial charge in [0.25, 0.3) is 0 Å². The maximum atomic E-state index is 2.64. The molecule has 0 unspecified atom stereocenters. The third-order valence-corrected chi connectivity index (χ3v) is 8.90. The smallest absolute Gasteiger partial charge is 0.00628 e. The van der Waals surface area contributed by atoms with Crippen molar-refractivity contribution >= 4 is 6.71 Å². The molecule has 2 aliphatic heterocycles. The van der Waals surface area contributed by atoms with Crippen LogP contribution < -0.4 is 0 Å². The van der Waals surface area contributed by atoms with Crippen LogP contribution in [0.2, 0.25) is 17.5 Å². The molecule has 0 N–H and O–H groups in total. The summed E-state index contributed by atoms with van der Waals surface area (Å²) in [5.74, 6) is 6.83. The highest BCUT2D eigenvalue weighted by molar-refractivity contribution is 6.64. The summed E-state index contributed by atoms with van der Waals surface area (Å²) in [6.07, 6.45) is 12.8. The van der Waals surface area contributed by atoms with Crippen molar-refractivity contribution in [2.45, 2.75) is 89.6 Å². The van der Waals surface area contributed by atoms with Gasteiger partial charge in [-0.15, -0.1) is 0 Å². The van der Waals surface area contributed by atoms with Crippen molar-refractivity contribution in [3.63, 3.8) is 0 Å². The summed E-state index contributed by atoms with van der Waals surface area (Å²) in [6, 6.07) is 0. The Morgan fingerprint density at radius 1 is 0.895 bits per heavy atom. The molecule has 0 amide bonds. The fourth-order valence-corrected chi connectivity index (χ4v) is 7.83. The van der Waals surface area contributed by atoms with Crippen molar-refractivity contribution in [3.8, 4) is 0 Å². The molecular weight excluding hydrogens is 227 g/mol. The Labute approximate surface area is 120 Å². The average Bonchev–Trinajstić information content (AvgIpc) is 2.37. The molecule has 5 aliphatic rings. The van der Waals surface area contributed by atoms with Gasteiger partial charge in [-0.3, -0.25) is 0 Å². The van der Waals surface area contributed by atoms with Gasteiger partial charge < -0.3 is 0 Å². The van der Waals surface area contributed by atoms with E-state index in [4.69, 9.17) is 0 Å². The van der Waals surface area contributed by atoms with Crippen LogP contribution >= 0.6 is 0 Å². The molecular formula is C18H32B-. The van der Waals surface area contributed by atoms with Crippen molar-refractivity contribution < 1.29 is 0 Å². The van der Waals surface area contributed by atoms with E-state index >= 15 is 0 Å². The Bertz CT molecular complexity index is 339. The highest BCUT2D eigenvalue weighted by Gasteiger charge is 2.56. The second-order valence-electron chi connectivity index (χ2n) is 9.52. The van der Waals surface area contributed by atoms with Crippen LogP contribution in [0.25, 0.3) is 0 Å². The van der Waals surface area contributed by atoms with Crippen LogP contribution in [0.4, 0.5) is 0 Å². The molecule has 4 bridgehead atoms. The third-order valence-electron chi connectivity index (χ3n) is 8.90. The normalized spacial score (nSPS) is 55.4. The second-order valence-corrected chi connectivity index (χ2v) is 9.52. The van der Waals surface area contributed by atoms with Gasteiger partial charge in [-0.25, -0.2) is 0 Å². The van der Waals surface area contributed by atoms with Gasteiger partial charge in [-0.05, 0) is 30.4 Å². The molecule has 19 heavy (non-hydrogen) atoms. The lowest BCUT2D eigenvalue weighted by Gasteiger charge is -2.67. The second kappa shape index (κ2) is 4.28. The Kier molecular flexibility index (Phi) is 2.88. The monoisotopic (exact) mass is 259 g/mol. The minimum atomic E-state index is 0.183. The molecule has 5 rings (SSSR count). The zero-order valence-electron chi connectivity index (χ0n) is 13.3. The molecule has 3 aliphatic carbocycles. The summed E-state index contributed by atoms with van der Waals surface area (Å²) in [5.41, 5.74) is 0.694. The predicted octanol–water partition coefficient (Wildman–Crippen LogP) is 5.39. The van der Waals surface area contributed by atoms with Crippen molar-refractivity contribution in [2.75, 3.05) is 0 Å². The van der Waals surface area contributed by atoms with Crippen LogP contribution in [0.1, 0.15) is 72.1 Å². The molecule has 2 saturated heterocycles. The summed E-state index contributed by atoms with van der Waals surface area (Å²) in [5, 5.41) is 0. The van der Waals surface area contributed by atoms with Gasteiger partial charge in [-0.2, -0.15) is 17.5 Å². The number of hydrogen-bond donors (Lipinski definition) is 0. The third kappa shape index (κ3) is 1.72. The van der Waals surface area contributed by atoms with Crippen molar-refractivity contribution in [3.05, 3.63) is 0 Å². The number of hydrogen-bond acceptors (Lipinski definition) is 0. The quantitative estimate of drug-likeness (QED) is 0.553. The molecule has 0 spiro atoms. The van der Waals surface area contributed by atoms with Crippen LogP contribution in [0.3, 0.4) is 0 Å². The Hall–Kier alpha value is 0.0649. The van der Waals surface area contributed by atoms with Gasteiger partial charge in [-0.1, -0.05) is 71.6 Å². The van der Waals surface area contributed by atoms with Gasteiger partial charge in [0.15, 0.2) is 0 Å². The molecule has 4 atom stereocenters. The molecule has 1 heteroatoms. The van der Waals surface area contributed by atoms with E-state index in [1.807, 2.05) is 0 Å². The lowest BCUT2D eigenvalue weighted by molar-refractivity contribution is -0.0998. The largest absolute Gasteiger partial charge is 0.169 e. The molecule has 0 aromatic carbocycles. The average molecular weight is 259 g/mol. The summed E-state index contributed by atoms with van der Waals surface area (Å²) < 4.78 is 0. The van der Waals surface area contributed by atoms with E-state index in [1.54, 1.807) is 51.4 Å². The molecule has 3 saturated carbocycles. The van der Waals surface area contributed by atoms with E-state index in [2.05, 4.69) is 20.8 Å². The van der Waals surface area contributed by atoms with E-state index < -0.39 is 0 Å². The van der Waals surface area contributed by atoms with Crippen LogP contribution in [0.5, 0.6) is 0 Å². The first-order valence-corrected chi connectivity index (χ1v) is 9.31. The van der Waals surface area contributed by atoms with E-state index in [-0.39, 0.29) is 6.71 Å². The lowest BCUT2D eigenvalue weighted by atomic mass is 9.18. The highest BCUT2D eigenvalue weighted by Crippen LogP contribution is 2.67. The van der Waals surface area contributed by atoms with Gasteiger partial charge in [0.05, 0.1) is 0 Å². The van der Waals surface area contributed by atoms with Crippen LogP contribution in [0, 0.1) is 23.2 Å². The zero-order chi connectivity index (χ0) is 13.2. The minimum Gasteiger partial charge on any atom is -0.169 e. The molecule has 2 heterocycles. The van der Waals surface area contributed by atoms with E-state index in [1.165, 1.54) is 17.5 Å². The zero-order valence-corrected chi connectivity index (χ0v) is 13.3. The van der Waals surface area contributed by atoms with Crippen LogP contribution in [0.15, 0.2) is 0 Å². The summed E-state index contributed by atoms with van der Waals surface area (Å²) >= 11 is 0. The van der Waals surface area contributed by atoms with E-state index in [0.717, 1.165) is 17.8 Å². The van der Waals surface area contributed by atoms with Crippen molar-refractivity contribution in [2.24, 2.45) is 23.2 Å². The minimum absolute atomic E-state index is 0.183. The Morgan fingerprint density at radius 3 is 1.95 bits per heavy atom. The first kappa shape index (κ1) is 12.8. The Morgan fingerprint density at radius 2 is 1.47 bits per heavy atom. The standard InChI is InChI=1S/C18H32B/c1-12-16-10-13(18(16,2)3)11-17(12)19-14-6-4-7-15(19)9-5-8-14/h12-17,19H,4-11H2,1-3H3/q-1/t12-,13+,14?,15?,16-,17-,19?/m1/s1. The van der Waals surface area contributed by atoms with Gasteiger partial charge in [0, 0.05) is 0 Å². The van der Waals surface area contributed by atoms with Gasteiger partial charge in [0.1, 0.15) is 0 Å². The van der Waals surface area contributed by atoms with Crippen molar-refractivity contribution in [1.82, 2.24) is 0 Å². The van der Waals surface area contributed by atoms with Gasteiger partial charge >= 0.3 is 0 Å². The number of rotatable bonds is 1. The van der Waals surface area contributed by atoms with Crippen LogP contribution in [-0.4, -0.2) is 6.71 Å².